The summed E-state index contributed by atoms with van der Waals surface area (Å²) in [4.78, 5) is 48.0. The molecule has 3 aliphatic rings. The van der Waals surface area contributed by atoms with Gasteiger partial charge in [-0.15, -0.1) is 6.58 Å². The van der Waals surface area contributed by atoms with E-state index in [1.54, 1.807) is 17.9 Å². The number of carbonyl (C=O) groups is 3. The molecule has 3 saturated heterocycles. The van der Waals surface area contributed by atoms with Gasteiger partial charge < -0.3 is 29.3 Å². The first-order chi connectivity index (χ1) is 19.6. The van der Waals surface area contributed by atoms with Crippen LogP contribution in [0.25, 0.3) is 0 Å². The minimum Gasteiger partial charge on any atom is -0.466 e. The number of aliphatic hydroxyl groups is 1. The van der Waals surface area contributed by atoms with Gasteiger partial charge in [-0.2, -0.15) is 0 Å². The Labute approximate surface area is 244 Å². The smallest absolute Gasteiger partial charge is 0.312 e. The molecule has 0 radical (unpaired) electrons. The summed E-state index contributed by atoms with van der Waals surface area (Å²) in [7, 11) is 0. The quantitative estimate of drug-likeness (QED) is 0.285. The van der Waals surface area contributed by atoms with E-state index < -0.39 is 41.1 Å². The maximum absolute atomic E-state index is 14.8. The highest BCUT2D eigenvalue weighted by molar-refractivity contribution is 6.05. The van der Waals surface area contributed by atoms with E-state index in [0.29, 0.717) is 24.9 Å². The zero-order valence-corrected chi connectivity index (χ0v) is 25.5. The molecule has 2 unspecified atom stereocenters. The third kappa shape index (κ3) is 4.84. The molecule has 0 aromatic heterocycles. The van der Waals surface area contributed by atoms with Crippen molar-refractivity contribution in [3.8, 4) is 0 Å². The van der Waals surface area contributed by atoms with Crippen LogP contribution in [0, 0.1) is 17.8 Å². The summed E-state index contributed by atoms with van der Waals surface area (Å²) in [6.45, 7) is 17.5. The Balaban J connectivity index is 1.83. The van der Waals surface area contributed by atoms with E-state index in [1.807, 2.05) is 45.0 Å². The molecule has 3 heterocycles. The number of benzene rings is 1. The number of likely N-dealkylation sites (tertiary alicyclic amines) is 1. The van der Waals surface area contributed by atoms with Crippen LogP contribution in [0.4, 0.5) is 11.4 Å². The molecule has 41 heavy (non-hydrogen) atoms. The van der Waals surface area contributed by atoms with Crippen LogP contribution in [0.5, 0.6) is 0 Å². The molecule has 2 amide bonds. The Hall–Kier alpha value is -2.91. The topological polar surface area (TPSA) is 99.6 Å². The predicted molar refractivity (Wildman–Crippen MR) is 159 cm³/mol. The first kappa shape index (κ1) is 31.0. The second-order valence-corrected chi connectivity index (χ2v) is 11.8. The SMILES string of the molecule is C=CCN(C(=O)C1N([C@@H](CO)C(C)C)C(=O)[C@@H]2[C@H](C(=O)OCC)[C@]3(CC)CCC12O3)c1ccc(N(CC)CC)cc1. The summed E-state index contributed by atoms with van der Waals surface area (Å²) >= 11 is 0. The minimum atomic E-state index is -1.19. The average molecular weight is 570 g/mol. The van der Waals surface area contributed by atoms with Crippen molar-refractivity contribution in [3.63, 3.8) is 0 Å². The van der Waals surface area contributed by atoms with E-state index in [4.69, 9.17) is 9.47 Å². The fourth-order valence-electron chi connectivity index (χ4n) is 7.53. The Morgan fingerprint density at radius 2 is 1.78 bits per heavy atom. The van der Waals surface area contributed by atoms with E-state index in [2.05, 4.69) is 25.3 Å². The van der Waals surface area contributed by atoms with Gasteiger partial charge in [-0.05, 0) is 70.2 Å². The monoisotopic (exact) mass is 569 g/mol. The summed E-state index contributed by atoms with van der Waals surface area (Å²) in [5, 5.41) is 10.5. The molecule has 9 heteroatoms. The van der Waals surface area contributed by atoms with Gasteiger partial charge in [0.25, 0.3) is 5.91 Å². The van der Waals surface area contributed by atoms with Crippen LogP contribution in [0.15, 0.2) is 36.9 Å². The molecule has 9 nitrogen and oxygen atoms in total. The van der Waals surface area contributed by atoms with E-state index in [-0.39, 0.29) is 37.5 Å². The van der Waals surface area contributed by atoms with Gasteiger partial charge in [0.05, 0.1) is 30.8 Å². The minimum absolute atomic E-state index is 0.130. The second kappa shape index (κ2) is 12.1. The lowest BCUT2D eigenvalue weighted by Gasteiger charge is -2.40. The Morgan fingerprint density at radius 1 is 1.15 bits per heavy atom. The maximum atomic E-state index is 14.8. The van der Waals surface area contributed by atoms with Crippen LogP contribution < -0.4 is 9.80 Å². The number of nitrogens with zero attached hydrogens (tertiary/aromatic N) is 3. The zero-order valence-electron chi connectivity index (χ0n) is 25.5. The maximum Gasteiger partial charge on any atom is 0.312 e. The van der Waals surface area contributed by atoms with Crippen molar-refractivity contribution in [2.75, 3.05) is 42.6 Å². The molecule has 226 valence electrons. The average Bonchev–Trinajstić information content (AvgIpc) is 3.57. The van der Waals surface area contributed by atoms with Gasteiger partial charge >= 0.3 is 5.97 Å². The number of anilines is 2. The van der Waals surface area contributed by atoms with Crippen LogP contribution in [0.1, 0.15) is 60.8 Å². The number of ether oxygens (including phenoxy) is 2. The van der Waals surface area contributed by atoms with Gasteiger partial charge in [0.15, 0.2) is 0 Å². The molecule has 0 aliphatic carbocycles. The number of hydrogen-bond acceptors (Lipinski definition) is 7. The Kier molecular flexibility index (Phi) is 9.19. The van der Waals surface area contributed by atoms with Crippen molar-refractivity contribution in [1.82, 2.24) is 4.90 Å². The first-order valence-corrected chi connectivity index (χ1v) is 15.2. The Bertz CT molecular complexity index is 1130. The lowest BCUT2D eigenvalue weighted by molar-refractivity contribution is -0.162. The fourth-order valence-corrected chi connectivity index (χ4v) is 7.53. The molecular weight excluding hydrogens is 522 g/mol. The third-order valence-electron chi connectivity index (χ3n) is 9.57. The number of fused-ring (bicyclic) bond motifs is 1. The molecule has 2 bridgehead atoms. The molecular formula is C32H47N3O6. The lowest BCUT2D eigenvalue weighted by Crippen LogP contribution is -2.60. The molecule has 3 fully saturated rings. The molecule has 1 spiro atoms. The largest absolute Gasteiger partial charge is 0.466 e. The van der Waals surface area contributed by atoms with Crippen LogP contribution in [0.3, 0.4) is 0 Å². The summed E-state index contributed by atoms with van der Waals surface area (Å²) in [5.74, 6) is -2.86. The van der Waals surface area contributed by atoms with E-state index in [9.17, 15) is 19.5 Å². The van der Waals surface area contributed by atoms with Crippen molar-refractivity contribution < 1.29 is 29.0 Å². The number of rotatable bonds is 13. The van der Waals surface area contributed by atoms with Crippen LogP contribution in [0.2, 0.25) is 0 Å². The number of hydrogen-bond donors (Lipinski definition) is 1. The van der Waals surface area contributed by atoms with Gasteiger partial charge in [0, 0.05) is 31.0 Å². The fraction of sp³-hybridized carbons (Fsp3) is 0.656. The standard InChI is InChI=1S/C32H47N3O6/c1-8-19-34(23-15-13-22(14-16-23)33(10-3)11-4)29(38)27-32-18-17-31(9-2,41-32)26(30(39)40-12-5)25(32)28(37)35(27)24(20-36)21(6)7/h8,13-16,21,24-27,36H,1,9-12,17-20H2,2-7H3/t24-,25-,26+,27?,31-,32?/m0/s1. The summed E-state index contributed by atoms with van der Waals surface area (Å²) in [5.41, 5.74) is -0.313. The zero-order chi connectivity index (χ0) is 30.1. The summed E-state index contributed by atoms with van der Waals surface area (Å²) in [6, 6.07) is 6.20. The first-order valence-electron chi connectivity index (χ1n) is 15.2. The summed E-state index contributed by atoms with van der Waals surface area (Å²) in [6.07, 6.45) is 3.22. The van der Waals surface area contributed by atoms with Crippen LogP contribution >= 0.6 is 0 Å². The number of aliphatic hydroxyl groups excluding tert-OH is 1. The van der Waals surface area contributed by atoms with E-state index in [1.165, 1.54) is 4.90 Å². The molecule has 3 aliphatic heterocycles. The van der Waals surface area contributed by atoms with Crippen molar-refractivity contribution in [1.29, 1.82) is 0 Å². The highest BCUT2D eigenvalue weighted by atomic mass is 16.6. The van der Waals surface area contributed by atoms with E-state index in [0.717, 1.165) is 18.8 Å². The molecule has 1 aromatic rings. The number of amides is 2. The lowest BCUT2D eigenvalue weighted by atomic mass is 9.65. The predicted octanol–water partition coefficient (Wildman–Crippen LogP) is 3.79. The normalized spacial score (nSPS) is 29.0. The van der Waals surface area contributed by atoms with Gasteiger partial charge in [-0.1, -0.05) is 26.8 Å². The highest BCUT2D eigenvalue weighted by Crippen LogP contribution is 2.65. The third-order valence-corrected chi connectivity index (χ3v) is 9.57. The molecule has 6 atom stereocenters. The number of carbonyl (C=O) groups excluding carboxylic acids is 3. The van der Waals surface area contributed by atoms with Gasteiger partial charge in [0.1, 0.15) is 17.6 Å². The molecule has 0 saturated carbocycles. The molecule has 1 aromatic carbocycles. The van der Waals surface area contributed by atoms with Crippen molar-refractivity contribution in [2.24, 2.45) is 17.8 Å². The van der Waals surface area contributed by atoms with Gasteiger partial charge in [-0.3, -0.25) is 14.4 Å². The number of esters is 1. The van der Waals surface area contributed by atoms with Crippen molar-refractivity contribution in [3.05, 3.63) is 36.9 Å². The van der Waals surface area contributed by atoms with Gasteiger partial charge in [0.2, 0.25) is 5.91 Å². The second-order valence-electron chi connectivity index (χ2n) is 11.8. The molecule has 1 N–H and O–H groups in total. The van der Waals surface area contributed by atoms with Crippen LogP contribution in [-0.4, -0.2) is 83.9 Å². The van der Waals surface area contributed by atoms with Crippen LogP contribution in [-0.2, 0) is 23.9 Å². The van der Waals surface area contributed by atoms with Crippen molar-refractivity contribution >= 4 is 29.2 Å². The van der Waals surface area contributed by atoms with Crippen molar-refractivity contribution in [2.45, 2.75) is 84.1 Å². The summed E-state index contributed by atoms with van der Waals surface area (Å²) < 4.78 is 12.3. The highest BCUT2D eigenvalue weighted by Gasteiger charge is 2.79. The van der Waals surface area contributed by atoms with E-state index >= 15 is 0 Å². The molecule has 4 rings (SSSR count). The Morgan fingerprint density at radius 3 is 2.29 bits per heavy atom. The van der Waals surface area contributed by atoms with Gasteiger partial charge in [-0.25, -0.2) is 0 Å².